The molecule has 2 fully saturated rings. The molecule has 4 aromatic rings. The zero-order chi connectivity index (χ0) is 27.1. The van der Waals surface area contributed by atoms with Gasteiger partial charge in [-0.05, 0) is 48.4 Å². The molecule has 3 amide bonds. The van der Waals surface area contributed by atoms with Crippen molar-refractivity contribution in [1.29, 1.82) is 5.26 Å². The second-order valence-corrected chi connectivity index (χ2v) is 10.2. The van der Waals surface area contributed by atoms with E-state index >= 15 is 0 Å². The quantitative estimate of drug-likeness (QED) is 0.350. The number of rotatable bonds is 4. The van der Waals surface area contributed by atoms with Gasteiger partial charge in [-0.25, -0.2) is 14.7 Å². The van der Waals surface area contributed by atoms with Crippen LogP contribution in [0.5, 0.6) is 5.88 Å². The molecule has 3 heterocycles. The van der Waals surface area contributed by atoms with Gasteiger partial charge in [0.05, 0.1) is 24.9 Å². The maximum atomic E-state index is 13.7. The molecule has 9 heteroatoms. The molecule has 194 valence electrons. The van der Waals surface area contributed by atoms with Gasteiger partial charge in [0.2, 0.25) is 11.8 Å². The Kier molecular flexibility index (Phi) is 6.37. The van der Waals surface area contributed by atoms with Gasteiger partial charge in [-0.1, -0.05) is 48.0 Å². The molecule has 2 aromatic heterocycles. The van der Waals surface area contributed by atoms with Crippen LogP contribution in [0.1, 0.15) is 36.3 Å². The Morgan fingerprint density at radius 3 is 2.77 bits per heavy atom. The highest BCUT2D eigenvalue weighted by Crippen LogP contribution is 2.45. The van der Waals surface area contributed by atoms with Gasteiger partial charge >= 0.3 is 6.03 Å². The first-order chi connectivity index (χ1) is 19.0. The summed E-state index contributed by atoms with van der Waals surface area (Å²) in [6, 6.07) is 16.3. The predicted molar refractivity (Wildman–Crippen MR) is 148 cm³/mol. The third-order valence-electron chi connectivity index (χ3n) is 7.73. The molecule has 1 saturated carbocycles. The highest BCUT2D eigenvalue weighted by molar-refractivity contribution is 6.32. The molecule has 0 bridgehead atoms. The lowest BCUT2D eigenvalue weighted by atomic mass is 9.72. The first kappa shape index (κ1) is 24.8. The van der Waals surface area contributed by atoms with Gasteiger partial charge in [0.25, 0.3) is 0 Å². The highest BCUT2D eigenvalue weighted by atomic mass is 35.5. The van der Waals surface area contributed by atoms with Crippen LogP contribution in [-0.4, -0.2) is 35.1 Å². The van der Waals surface area contributed by atoms with Crippen LogP contribution in [0.3, 0.4) is 0 Å². The number of imide groups is 1. The van der Waals surface area contributed by atoms with Gasteiger partial charge in [-0.3, -0.25) is 9.78 Å². The first-order valence-corrected chi connectivity index (χ1v) is 13.1. The molecule has 1 saturated heterocycles. The summed E-state index contributed by atoms with van der Waals surface area (Å²) in [4.78, 5) is 36.8. The van der Waals surface area contributed by atoms with E-state index in [1.165, 1.54) is 12.0 Å². The average Bonchev–Trinajstić information content (AvgIpc) is 2.96. The zero-order valence-corrected chi connectivity index (χ0v) is 21.9. The number of nitrogens with one attached hydrogen (secondary N) is 1. The van der Waals surface area contributed by atoms with Crippen molar-refractivity contribution in [1.82, 2.24) is 15.3 Å². The number of ether oxygens (including phenoxy) is 1. The maximum absolute atomic E-state index is 13.7. The fraction of sp³-hybridized carbons (Fsp3) is 0.233. The topological polar surface area (TPSA) is 108 Å². The number of fused-ring (bicyclic) bond motifs is 2. The number of halogens is 1. The molecule has 0 spiro atoms. The van der Waals surface area contributed by atoms with Gasteiger partial charge in [-0.15, -0.1) is 0 Å². The van der Waals surface area contributed by atoms with Crippen molar-refractivity contribution in [3.05, 3.63) is 83.3 Å². The summed E-state index contributed by atoms with van der Waals surface area (Å²) in [5.74, 6) is -0.296. The molecule has 1 N–H and O–H groups in total. The van der Waals surface area contributed by atoms with Crippen LogP contribution >= 0.6 is 11.6 Å². The summed E-state index contributed by atoms with van der Waals surface area (Å²) in [7, 11) is 1.48. The average molecular weight is 538 g/mol. The number of aromatic nitrogens is 2. The van der Waals surface area contributed by atoms with Crippen molar-refractivity contribution >= 4 is 40.0 Å². The van der Waals surface area contributed by atoms with Crippen molar-refractivity contribution in [2.75, 3.05) is 12.0 Å². The summed E-state index contributed by atoms with van der Waals surface area (Å²) in [6.07, 6.45) is 6.84. The normalized spacial score (nSPS) is 20.7. The van der Waals surface area contributed by atoms with Crippen LogP contribution in [0.25, 0.3) is 21.9 Å². The SMILES string of the molecule is COc1ncc(-c2cccc(Cl)c2C2CCC3C(=O)N(c4cncc5ccccc45)C(=O)NC3C2)cc1C#N. The second kappa shape index (κ2) is 10.0. The Bertz CT molecular complexity index is 1660. The molecule has 3 atom stereocenters. The molecule has 3 unspecified atom stereocenters. The van der Waals surface area contributed by atoms with Crippen molar-refractivity contribution in [2.24, 2.45) is 5.92 Å². The van der Waals surface area contributed by atoms with E-state index in [4.69, 9.17) is 16.3 Å². The summed E-state index contributed by atoms with van der Waals surface area (Å²) < 4.78 is 5.20. The van der Waals surface area contributed by atoms with Crippen LogP contribution in [0, 0.1) is 17.2 Å². The van der Waals surface area contributed by atoms with Crippen LogP contribution in [0.2, 0.25) is 5.02 Å². The lowest BCUT2D eigenvalue weighted by Crippen LogP contribution is -2.61. The summed E-state index contributed by atoms with van der Waals surface area (Å²) in [6.45, 7) is 0. The molecular weight excluding hydrogens is 514 g/mol. The molecule has 2 aliphatic rings. The van der Waals surface area contributed by atoms with E-state index in [1.807, 2.05) is 42.5 Å². The molecular formula is C30H24ClN5O3. The summed E-state index contributed by atoms with van der Waals surface area (Å²) in [5, 5.41) is 14.9. The van der Waals surface area contributed by atoms with Crippen LogP contribution < -0.4 is 15.0 Å². The number of pyridine rings is 2. The Morgan fingerprint density at radius 2 is 1.95 bits per heavy atom. The third kappa shape index (κ3) is 4.25. The number of carbonyl (C=O) groups excluding carboxylic acids is 2. The zero-order valence-electron chi connectivity index (χ0n) is 21.1. The van der Waals surface area contributed by atoms with E-state index in [0.717, 1.165) is 33.9 Å². The molecule has 0 radical (unpaired) electrons. The van der Waals surface area contributed by atoms with Crippen molar-refractivity contribution in [3.8, 4) is 23.1 Å². The Hall–Kier alpha value is -4.48. The fourth-order valence-electron chi connectivity index (χ4n) is 5.93. The number of hydrogen-bond acceptors (Lipinski definition) is 6. The maximum Gasteiger partial charge on any atom is 0.329 e. The van der Waals surface area contributed by atoms with E-state index in [-0.39, 0.29) is 29.7 Å². The lowest BCUT2D eigenvalue weighted by molar-refractivity contribution is -0.124. The van der Waals surface area contributed by atoms with Crippen molar-refractivity contribution < 1.29 is 14.3 Å². The number of methoxy groups -OCH3 is 1. The first-order valence-electron chi connectivity index (χ1n) is 12.7. The third-order valence-corrected chi connectivity index (χ3v) is 8.05. The number of hydrogen-bond donors (Lipinski definition) is 1. The minimum Gasteiger partial charge on any atom is -0.480 e. The second-order valence-electron chi connectivity index (χ2n) is 9.82. The van der Waals surface area contributed by atoms with Gasteiger partial charge in [0.15, 0.2) is 0 Å². The molecule has 6 rings (SSSR count). The van der Waals surface area contributed by atoms with Crippen molar-refractivity contribution in [3.63, 3.8) is 0 Å². The van der Waals surface area contributed by atoms with Crippen LogP contribution in [0.15, 0.2) is 67.1 Å². The molecule has 39 heavy (non-hydrogen) atoms. The van der Waals surface area contributed by atoms with Gasteiger partial charge in [0.1, 0.15) is 11.6 Å². The molecule has 1 aliphatic heterocycles. The van der Waals surface area contributed by atoms with Gasteiger partial charge in [-0.2, -0.15) is 5.26 Å². The fourth-order valence-corrected chi connectivity index (χ4v) is 6.26. The van der Waals surface area contributed by atoms with Gasteiger partial charge in [0, 0.05) is 39.8 Å². The van der Waals surface area contributed by atoms with E-state index in [2.05, 4.69) is 21.4 Å². The highest BCUT2D eigenvalue weighted by Gasteiger charge is 2.46. The van der Waals surface area contributed by atoms with Crippen molar-refractivity contribution in [2.45, 2.75) is 31.2 Å². The van der Waals surface area contributed by atoms with E-state index < -0.39 is 6.03 Å². The number of amides is 3. The molecule has 2 aromatic carbocycles. The minimum atomic E-state index is -0.447. The largest absolute Gasteiger partial charge is 0.480 e. The number of nitriles is 1. The minimum absolute atomic E-state index is 0.00135. The monoisotopic (exact) mass is 537 g/mol. The van der Waals surface area contributed by atoms with E-state index in [1.54, 1.807) is 24.7 Å². The molecule has 1 aliphatic carbocycles. The van der Waals surface area contributed by atoms with Gasteiger partial charge < -0.3 is 10.1 Å². The summed E-state index contributed by atoms with van der Waals surface area (Å²) in [5.41, 5.74) is 3.37. The smallest absolute Gasteiger partial charge is 0.329 e. The Morgan fingerprint density at radius 1 is 1.10 bits per heavy atom. The van der Waals surface area contributed by atoms with Crippen LogP contribution in [0.4, 0.5) is 10.5 Å². The number of urea groups is 1. The Balaban J connectivity index is 1.31. The lowest BCUT2D eigenvalue weighted by Gasteiger charge is -2.43. The summed E-state index contributed by atoms with van der Waals surface area (Å²) >= 11 is 6.76. The Labute approximate surface area is 230 Å². The standard InChI is InChI=1S/C30H24ClN5O3/c1-39-28-19(13-32)11-20(15-34-28)22-7-4-8-24(31)27(22)17-9-10-23-25(12-17)35-30(38)36(29(23)37)26-16-33-14-18-5-2-3-6-21(18)26/h2-8,11,14-17,23,25H,9-10,12H2,1H3,(H,35,38). The molecule has 8 nitrogen and oxygen atoms in total. The number of anilines is 1. The van der Waals surface area contributed by atoms with E-state index in [0.29, 0.717) is 29.1 Å². The number of benzene rings is 2. The number of nitrogens with zero attached hydrogens (tertiary/aromatic N) is 4. The predicted octanol–water partition coefficient (Wildman–Crippen LogP) is 5.84. The van der Waals surface area contributed by atoms with Crippen LogP contribution in [-0.2, 0) is 4.79 Å². The van der Waals surface area contributed by atoms with E-state index in [9.17, 15) is 14.9 Å². The number of carbonyl (C=O) groups is 2.